The van der Waals surface area contributed by atoms with Gasteiger partial charge in [0.2, 0.25) is 11.5 Å². The first-order valence-corrected chi connectivity index (χ1v) is 22.7. The van der Waals surface area contributed by atoms with E-state index in [1.54, 1.807) is 42.3 Å². The summed E-state index contributed by atoms with van der Waals surface area (Å²) in [6.45, 7) is 4.82. The zero-order chi connectivity index (χ0) is 44.7. The number of methoxy groups -OCH3 is 4. The Bertz CT molecular complexity index is 1970. The molecule has 2 aromatic rings. The molecule has 4 aliphatic heterocycles. The molecule has 1 aliphatic carbocycles. The van der Waals surface area contributed by atoms with Gasteiger partial charge in [0, 0.05) is 75.3 Å². The van der Waals surface area contributed by atoms with E-state index in [0.717, 1.165) is 71.5 Å². The Morgan fingerprint density at radius 2 is 1.00 bits per heavy atom. The molecule has 5 unspecified atom stereocenters. The Hall–Kier alpha value is -3.60. The standard InChI is InChI=1S/C48H66N2O12.2BrH/c1-9-41(51)61-44-37(57-5)18-28(19-38(44)58-6)26-49(3)32-13-14-33(49)23-30(22-32)43-36(46(53)54)12-11-17-48(43,47(55)56)31-24-34-15-16-35(25-31)50(34,4)27-29-20-39(59-7)45(40(21-29)60-8)62-42(52)10-2;;/h18-21,30-36,43H,9-17,22-27H2,1-8H3;2*1H/t30?,31?,32?,33?,34?,35?,36?,43-,48+,49?,50?;;/m0../s1. The Morgan fingerprint density at radius 1 is 0.625 bits per heavy atom. The maximum atomic E-state index is 14.2. The number of benzene rings is 2. The lowest BCUT2D eigenvalue weighted by Crippen LogP contribution is -3.00. The summed E-state index contributed by atoms with van der Waals surface area (Å²) in [5.41, 5.74) is 0.830. The van der Waals surface area contributed by atoms with Gasteiger partial charge in [-0.15, -0.1) is 0 Å². The average molecular weight is 1020 g/mol. The van der Waals surface area contributed by atoms with Crippen molar-refractivity contribution in [2.75, 3.05) is 42.5 Å². The summed E-state index contributed by atoms with van der Waals surface area (Å²) in [4.78, 5) is 52.1. The molecule has 0 radical (unpaired) electrons. The molecule has 4 bridgehead atoms. The van der Waals surface area contributed by atoms with Crippen LogP contribution in [0.15, 0.2) is 24.3 Å². The molecule has 5 aliphatic rings. The van der Waals surface area contributed by atoms with E-state index in [2.05, 4.69) is 14.1 Å². The predicted molar refractivity (Wildman–Crippen MR) is 228 cm³/mol. The van der Waals surface area contributed by atoms with Gasteiger partial charge in [0.1, 0.15) is 13.1 Å². The summed E-state index contributed by atoms with van der Waals surface area (Å²) in [5, 5.41) is 22.6. The molecule has 356 valence electrons. The molecule has 0 spiro atoms. The minimum atomic E-state index is -1.14. The average Bonchev–Trinajstić information content (AvgIpc) is 3.48. The summed E-state index contributed by atoms with van der Waals surface area (Å²) in [5.74, 6) is -1.59. The van der Waals surface area contributed by atoms with Crippen LogP contribution in [-0.4, -0.2) is 110 Å². The normalized spacial score (nSPS) is 32.6. The summed E-state index contributed by atoms with van der Waals surface area (Å²) in [7, 11) is 10.8. The van der Waals surface area contributed by atoms with Crippen LogP contribution in [-0.2, 0) is 32.3 Å². The van der Waals surface area contributed by atoms with E-state index in [-0.39, 0.29) is 106 Å². The molecule has 4 saturated heterocycles. The van der Waals surface area contributed by atoms with Crippen LogP contribution in [0.3, 0.4) is 0 Å². The lowest BCUT2D eigenvalue weighted by atomic mass is 9.49. The summed E-state index contributed by atoms with van der Waals surface area (Å²) in [6, 6.07) is 8.52. The quantitative estimate of drug-likeness (QED) is 0.142. The lowest BCUT2D eigenvalue weighted by Gasteiger charge is -2.58. The van der Waals surface area contributed by atoms with Crippen molar-refractivity contribution in [2.24, 2.45) is 29.1 Å². The maximum absolute atomic E-state index is 14.2. The van der Waals surface area contributed by atoms with Gasteiger partial charge in [-0.05, 0) is 54.9 Å². The van der Waals surface area contributed by atoms with Gasteiger partial charge in [-0.25, -0.2) is 0 Å². The van der Waals surface area contributed by atoms with Gasteiger partial charge >= 0.3 is 23.9 Å². The van der Waals surface area contributed by atoms with Crippen molar-refractivity contribution in [3.05, 3.63) is 35.4 Å². The minimum Gasteiger partial charge on any atom is -1.00 e. The number of quaternary nitrogens is 2. The van der Waals surface area contributed by atoms with E-state index >= 15 is 0 Å². The number of carbonyl (C=O) groups excluding carboxylic acids is 2. The number of hydrogen-bond donors (Lipinski definition) is 2. The van der Waals surface area contributed by atoms with E-state index in [4.69, 9.17) is 28.4 Å². The van der Waals surface area contributed by atoms with Crippen LogP contribution < -0.4 is 62.4 Å². The van der Waals surface area contributed by atoms with Crippen LogP contribution in [0.1, 0.15) is 108 Å². The van der Waals surface area contributed by atoms with E-state index in [1.807, 2.05) is 24.3 Å². The molecule has 64 heavy (non-hydrogen) atoms. The van der Waals surface area contributed by atoms with Crippen molar-refractivity contribution in [1.82, 2.24) is 0 Å². The van der Waals surface area contributed by atoms with Crippen molar-refractivity contribution >= 4 is 23.9 Å². The Kier molecular flexibility index (Phi) is 16.5. The fourth-order valence-electron chi connectivity index (χ4n) is 13.4. The van der Waals surface area contributed by atoms with Crippen molar-refractivity contribution in [1.29, 1.82) is 0 Å². The molecule has 0 aromatic heterocycles. The number of esters is 2. The molecule has 7 rings (SSSR count). The van der Waals surface area contributed by atoms with Gasteiger partial charge in [-0.1, -0.05) is 20.3 Å². The van der Waals surface area contributed by atoms with E-state index in [9.17, 15) is 29.4 Å². The van der Waals surface area contributed by atoms with Gasteiger partial charge in [0.25, 0.3) is 0 Å². The number of carboxylic acid groups (broad SMARTS) is 2. The topological polar surface area (TPSA) is 164 Å². The van der Waals surface area contributed by atoms with Crippen molar-refractivity contribution in [3.8, 4) is 34.5 Å². The van der Waals surface area contributed by atoms with Crippen LogP contribution in [0.25, 0.3) is 0 Å². The number of carbonyl (C=O) groups is 4. The molecular weight excluding hydrogens is 956 g/mol. The fourth-order valence-corrected chi connectivity index (χ4v) is 13.4. The Morgan fingerprint density at radius 3 is 1.33 bits per heavy atom. The molecule has 14 nitrogen and oxygen atoms in total. The first-order valence-electron chi connectivity index (χ1n) is 22.7. The molecule has 2 N–H and O–H groups in total. The molecule has 1 saturated carbocycles. The molecule has 0 amide bonds. The van der Waals surface area contributed by atoms with Crippen molar-refractivity contribution in [3.63, 3.8) is 0 Å². The third kappa shape index (κ3) is 9.10. The van der Waals surface area contributed by atoms with Crippen LogP contribution in [0.5, 0.6) is 34.5 Å². The van der Waals surface area contributed by atoms with Crippen molar-refractivity contribution < 1.29 is 101 Å². The summed E-state index contributed by atoms with van der Waals surface area (Å²) < 4.78 is 35.5. The second-order valence-electron chi connectivity index (χ2n) is 19.2. The number of halogens is 2. The monoisotopic (exact) mass is 1020 g/mol. The SMILES string of the molecule is CCC(=O)Oc1c(OC)cc(C[N+]2(C)C3CCC2CC([C@H]2C(C(=O)O)CCC[C@@]2(C(=O)O)C2CC4CCC(C2)[N+]4(C)Cc2cc(OC)c(OC(=O)CC)c(OC)c2)C3)cc1OC.[Br-].[Br-]. The van der Waals surface area contributed by atoms with Crippen molar-refractivity contribution in [2.45, 2.75) is 135 Å². The van der Waals surface area contributed by atoms with Gasteiger partial charge in [0.15, 0.2) is 23.0 Å². The first kappa shape index (κ1) is 51.4. The number of rotatable bonds is 16. The van der Waals surface area contributed by atoms with Crippen LogP contribution in [0.2, 0.25) is 0 Å². The van der Waals surface area contributed by atoms with Gasteiger partial charge < -0.3 is 81.6 Å². The van der Waals surface area contributed by atoms with Gasteiger partial charge in [-0.2, -0.15) is 0 Å². The summed E-state index contributed by atoms with van der Waals surface area (Å²) in [6.07, 6.45) is 8.95. The maximum Gasteiger partial charge on any atom is 0.311 e. The smallest absolute Gasteiger partial charge is 0.311 e. The van der Waals surface area contributed by atoms with Crippen LogP contribution >= 0.6 is 0 Å². The third-order valence-electron chi connectivity index (χ3n) is 16.4. The number of hydrogen-bond acceptors (Lipinski definition) is 10. The molecule has 4 heterocycles. The second-order valence-corrected chi connectivity index (χ2v) is 19.2. The predicted octanol–water partition coefficient (Wildman–Crippen LogP) is 1.41. The highest BCUT2D eigenvalue weighted by molar-refractivity contribution is 5.79. The van der Waals surface area contributed by atoms with Crippen LogP contribution in [0, 0.1) is 29.1 Å². The molecule has 5 fully saturated rings. The molecule has 16 heteroatoms. The minimum absolute atomic E-state index is 0. The second kappa shape index (κ2) is 20.5. The zero-order valence-corrected chi connectivity index (χ0v) is 41.8. The number of nitrogens with zero attached hydrogens (tertiary/aromatic N) is 2. The van der Waals surface area contributed by atoms with E-state index in [0.29, 0.717) is 55.4 Å². The zero-order valence-electron chi connectivity index (χ0n) is 38.7. The Balaban J connectivity index is 0.00000385. The molecule has 7 atom stereocenters. The molecule has 2 aromatic carbocycles. The fraction of sp³-hybridized carbons (Fsp3) is 0.667. The highest BCUT2D eigenvalue weighted by atomic mass is 79.9. The number of aliphatic carboxylic acids is 2. The number of piperidine rings is 2. The lowest BCUT2D eigenvalue weighted by molar-refractivity contribution is -0.962. The first-order chi connectivity index (χ1) is 29.6. The third-order valence-corrected chi connectivity index (χ3v) is 16.4. The number of ether oxygens (including phenoxy) is 6. The van der Waals surface area contributed by atoms with Gasteiger partial charge in [0.05, 0.1) is 78.0 Å². The van der Waals surface area contributed by atoms with Crippen LogP contribution in [0.4, 0.5) is 0 Å². The highest BCUT2D eigenvalue weighted by Gasteiger charge is 2.66. The number of carboxylic acids is 2. The highest BCUT2D eigenvalue weighted by Crippen LogP contribution is 2.62. The number of fused-ring (bicyclic) bond motifs is 4. The Labute approximate surface area is 398 Å². The molecular formula is C48H68Br2N2O12. The van der Waals surface area contributed by atoms with E-state index < -0.39 is 29.2 Å². The largest absolute Gasteiger partial charge is 1.00 e. The van der Waals surface area contributed by atoms with Gasteiger partial charge in [-0.3, -0.25) is 19.2 Å². The summed E-state index contributed by atoms with van der Waals surface area (Å²) >= 11 is 0. The van der Waals surface area contributed by atoms with E-state index in [1.165, 1.54) is 0 Å².